The summed E-state index contributed by atoms with van der Waals surface area (Å²) in [5, 5.41) is 13.0. The predicted octanol–water partition coefficient (Wildman–Crippen LogP) is 2.75. The third-order valence-electron chi connectivity index (χ3n) is 5.82. The van der Waals surface area contributed by atoms with Crippen molar-refractivity contribution in [3.8, 4) is 5.88 Å². The maximum absolute atomic E-state index is 13.0. The highest BCUT2D eigenvalue weighted by molar-refractivity contribution is 7.91. The first-order chi connectivity index (χ1) is 13.4. The Balaban J connectivity index is 1.49. The molecule has 1 aliphatic heterocycles. The van der Waals surface area contributed by atoms with E-state index in [4.69, 9.17) is 9.88 Å². The van der Waals surface area contributed by atoms with Crippen LogP contribution in [0.15, 0.2) is 21.5 Å². The molecule has 1 unspecified atom stereocenters. The van der Waals surface area contributed by atoms with Crippen molar-refractivity contribution in [1.82, 2.24) is 9.78 Å². The van der Waals surface area contributed by atoms with Gasteiger partial charge >= 0.3 is 6.03 Å². The number of amides is 2. The van der Waals surface area contributed by atoms with E-state index >= 15 is 0 Å². The normalized spacial score (nSPS) is 21.4. The molecule has 1 aromatic carbocycles. The Labute approximate surface area is 163 Å². The van der Waals surface area contributed by atoms with Crippen LogP contribution in [0.4, 0.5) is 10.5 Å². The average Bonchev–Trinajstić information content (AvgIpc) is 3.27. The summed E-state index contributed by atoms with van der Waals surface area (Å²) in [7, 11) is -3.46. The van der Waals surface area contributed by atoms with E-state index < -0.39 is 15.9 Å². The van der Waals surface area contributed by atoms with Gasteiger partial charge in [-0.15, -0.1) is 4.36 Å². The quantitative estimate of drug-likeness (QED) is 0.806. The minimum atomic E-state index is -3.46. The fourth-order valence-corrected chi connectivity index (χ4v) is 5.55. The Hall–Kier alpha value is -2.39. The highest BCUT2D eigenvalue weighted by atomic mass is 32.2. The highest BCUT2D eigenvalue weighted by Crippen LogP contribution is 2.45. The first kappa shape index (κ1) is 17.7. The van der Waals surface area contributed by atoms with Crippen LogP contribution in [0.3, 0.4) is 0 Å². The molecule has 148 valence electrons. The second-order valence-electron chi connectivity index (χ2n) is 7.75. The van der Waals surface area contributed by atoms with Crippen molar-refractivity contribution in [1.29, 1.82) is 0 Å². The second-order valence-corrected chi connectivity index (χ2v) is 9.51. The molecule has 2 atom stereocenters. The van der Waals surface area contributed by atoms with Crippen molar-refractivity contribution >= 4 is 21.6 Å². The lowest BCUT2D eigenvalue weighted by Gasteiger charge is -2.31. The molecule has 5 rings (SSSR count). The molecule has 2 aliphatic carbocycles. The van der Waals surface area contributed by atoms with Crippen LogP contribution in [0.25, 0.3) is 0 Å². The Morgan fingerprint density at radius 1 is 1.39 bits per heavy atom. The van der Waals surface area contributed by atoms with E-state index in [0.717, 1.165) is 37.8 Å². The number of carbonyl (C=O) groups excluding carboxylic acids is 1. The average molecular weight is 401 g/mol. The maximum Gasteiger partial charge on any atom is 0.354 e. The number of hydrogen-bond acceptors (Lipinski definition) is 4. The van der Waals surface area contributed by atoms with Gasteiger partial charge in [-0.25, -0.2) is 18.8 Å². The van der Waals surface area contributed by atoms with E-state index in [9.17, 15) is 9.00 Å². The SMILES string of the molecule is C[C@H]1Cc2cc3c(c(NC(=O)N=S(N)(=O)c4cnn5c4OCCC5)c21)CCC3. The monoisotopic (exact) mass is 401 g/mol. The van der Waals surface area contributed by atoms with Crippen molar-refractivity contribution in [3.05, 3.63) is 34.5 Å². The Morgan fingerprint density at radius 3 is 3.07 bits per heavy atom. The molecule has 0 bridgehead atoms. The number of ether oxygens (including phenoxy) is 1. The third kappa shape index (κ3) is 2.72. The van der Waals surface area contributed by atoms with Crippen LogP contribution in [0.1, 0.15) is 47.9 Å². The molecular formula is C19H23N5O3S. The summed E-state index contributed by atoms with van der Waals surface area (Å²) in [5.41, 5.74) is 5.80. The van der Waals surface area contributed by atoms with Gasteiger partial charge in [0, 0.05) is 18.7 Å². The van der Waals surface area contributed by atoms with E-state index in [1.54, 1.807) is 4.68 Å². The zero-order chi connectivity index (χ0) is 19.5. The van der Waals surface area contributed by atoms with Crippen LogP contribution in [-0.2, 0) is 35.7 Å². The van der Waals surface area contributed by atoms with Gasteiger partial charge < -0.3 is 10.1 Å². The van der Waals surface area contributed by atoms with Gasteiger partial charge in [-0.3, -0.25) is 0 Å². The van der Waals surface area contributed by atoms with Crippen molar-refractivity contribution in [2.24, 2.45) is 9.50 Å². The molecule has 0 saturated carbocycles. The van der Waals surface area contributed by atoms with E-state index in [0.29, 0.717) is 24.9 Å². The summed E-state index contributed by atoms with van der Waals surface area (Å²) < 4.78 is 24.0. The van der Waals surface area contributed by atoms with Crippen LogP contribution in [0.5, 0.6) is 5.88 Å². The zero-order valence-electron chi connectivity index (χ0n) is 15.7. The second kappa shape index (κ2) is 6.31. The lowest BCUT2D eigenvalue weighted by atomic mass is 9.75. The van der Waals surface area contributed by atoms with Crippen LogP contribution in [0.2, 0.25) is 0 Å². The first-order valence-corrected chi connectivity index (χ1v) is 11.2. The third-order valence-corrected chi connectivity index (χ3v) is 7.17. The summed E-state index contributed by atoms with van der Waals surface area (Å²) in [6.07, 6.45) is 6.28. The summed E-state index contributed by atoms with van der Waals surface area (Å²) in [4.78, 5) is 12.8. The van der Waals surface area contributed by atoms with E-state index in [-0.39, 0.29) is 4.90 Å². The topological polar surface area (TPSA) is 112 Å². The van der Waals surface area contributed by atoms with Crippen LogP contribution in [-0.4, -0.2) is 26.6 Å². The van der Waals surface area contributed by atoms with Gasteiger partial charge in [-0.2, -0.15) is 5.10 Å². The number of anilines is 1. The number of nitrogens with two attached hydrogens (primary N) is 1. The number of aryl methyl sites for hydroxylation is 2. The number of rotatable bonds is 2. The molecule has 3 aliphatic rings. The number of benzene rings is 1. The van der Waals surface area contributed by atoms with Crippen LogP contribution >= 0.6 is 0 Å². The molecule has 28 heavy (non-hydrogen) atoms. The number of nitrogens with zero attached hydrogens (tertiary/aromatic N) is 3. The fourth-order valence-electron chi connectivity index (χ4n) is 4.55. The Bertz CT molecular complexity index is 1110. The van der Waals surface area contributed by atoms with Gasteiger partial charge in [-0.05, 0) is 53.9 Å². The van der Waals surface area contributed by atoms with Crippen molar-refractivity contribution in [3.63, 3.8) is 0 Å². The number of hydrogen-bond donors (Lipinski definition) is 2. The summed E-state index contributed by atoms with van der Waals surface area (Å²) in [6.45, 7) is 3.32. The first-order valence-electron chi connectivity index (χ1n) is 9.66. The molecule has 8 nitrogen and oxygen atoms in total. The van der Waals surface area contributed by atoms with Crippen LogP contribution in [0, 0.1) is 0 Å². The van der Waals surface area contributed by atoms with Crippen molar-refractivity contribution in [2.45, 2.75) is 56.4 Å². The van der Waals surface area contributed by atoms with E-state index in [2.05, 4.69) is 27.8 Å². The molecule has 0 saturated heterocycles. The van der Waals surface area contributed by atoms with E-state index in [1.165, 1.54) is 28.5 Å². The molecule has 3 N–H and O–H groups in total. The molecule has 2 aromatic rings. The van der Waals surface area contributed by atoms with Gasteiger partial charge in [0.15, 0.2) is 9.92 Å². The smallest absolute Gasteiger partial charge is 0.354 e. The van der Waals surface area contributed by atoms with Crippen molar-refractivity contribution < 1.29 is 13.7 Å². The molecule has 0 fully saturated rings. The molecule has 2 amide bonds. The Morgan fingerprint density at radius 2 is 2.25 bits per heavy atom. The number of fused-ring (bicyclic) bond motifs is 3. The lowest BCUT2D eigenvalue weighted by molar-refractivity contribution is 0.224. The number of carbonyl (C=O) groups is 1. The molecule has 9 heteroatoms. The lowest BCUT2D eigenvalue weighted by Crippen LogP contribution is -2.23. The van der Waals surface area contributed by atoms with Crippen molar-refractivity contribution in [2.75, 3.05) is 11.9 Å². The van der Waals surface area contributed by atoms with Gasteiger partial charge in [0.1, 0.15) is 4.90 Å². The summed E-state index contributed by atoms with van der Waals surface area (Å²) >= 11 is 0. The zero-order valence-corrected chi connectivity index (χ0v) is 16.6. The van der Waals surface area contributed by atoms with Gasteiger partial charge in [0.25, 0.3) is 0 Å². The number of urea groups is 1. The number of aromatic nitrogens is 2. The largest absolute Gasteiger partial charge is 0.477 e. The highest BCUT2D eigenvalue weighted by Gasteiger charge is 2.31. The summed E-state index contributed by atoms with van der Waals surface area (Å²) in [6, 6.07) is 1.58. The summed E-state index contributed by atoms with van der Waals surface area (Å²) in [5.74, 6) is 0.739. The minimum Gasteiger partial charge on any atom is -0.477 e. The minimum absolute atomic E-state index is 0.169. The van der Waals surface area contributed by atoms with Gasteiger partial charge in [0.2, 0.25) is 5.88 Å². The molecule has 1 aromatic heterocycles. The van der Waals surface area contributed by atoms with Crippen LogP contribution < -0.4 is 15.2 Å². The maximum atomic E-state index is 13.0. The van der Waals surface area contributed by atoms with E-state index in [1.807, 2.05) is 0 Å². The molecule has 0 spiro atoms. The van der Waals surface area contributed by atoms with Gasteiger partial charge in [0.05, 0.1) is 12.8 Å². The molecule has 0 radical (unpaired) electrons. The fraction of sp³-hybridized carbons (Fsp3) is 0.474. The molecular weight excluding hydrogens is 378 g/mol. The molecule has 2 heterocycles. The predicted molar refractivity (Wildman–Crippen MR) is 105 cm³/mol. The Kier molecular flexibility index (Phi) is 3.99. The standard InChI is InChI=1S/C19H23N5O3S/c1-11-8-13-9-12-4-2-5-14(12)17(16(11)13)22-19(25)23-28(20,26)15-10-21-24-6-3-7-27-18(15)24/h9-11H,2-8H2,1H3,(H3,20,22,23,25,26)/t11-,28?/m0/s1. The number of nitrogens with one attached hydrogen (secondary N) is 1. The van der Waals surface area contributed by atoms with Gasteiger partial charge in [-0.1, -0.05) is 13.0 Å².